The zero-order valence-electron chi connectivity index (χ0n) is 7.03. The molecule has 1 rings (SSSR count). The monoisotopic (exact) mass is 278 g/mol. The van der Waals surface area contributed by atoms with Crippen molar-refractivity contribution in [1.82, 2.24) is 0 Å². The summed E-state index contributed by atoms with van der Waals surface area (Å²) >= 11 is 2.43. The Hall–Kier alpha value is 0.380. The lowest BCUT2D eigenvalue weighted by Crippen LogP contribution is -2.02. The average molecular weight is 278 g/mol. The van der Waals surface area contributed by atoms with E-state index in [1.165, 1.54) is 20.0 Å². The van der Waals surface area contributed by atoms with Crippen molar-refractivity contribution in [2.45, 2.75) is 13.8 Å². The second-order valence-electron chi connectivity index (χ2n) is 2.69. The highest BCUT2D eigenvalue weighted by Gasteiger charge is 2.00. The van der Waals surface area contributed by atoms with Gasteiger partial charge >= 0.3 is 0 Å². The summed E-state index contributed by atoms with van der Waals surface area (Å²) in [6.45, 7) is 6.57. The minimum absolute atomic E-state index is 0.914. The van der Waals surface area contributed by atoms with Gasteiger partial charge in [-0.25, -0.2) is 0 Å². The van der Waals surface area contributed by atoms with Gasteiger partial charge in [0.25, 0.3) is 0 Å². The van der Waals surface area contributed by atoms with Crippen LogP contribution in [0, 0.1) is 17.4 Å². The van der Waals surface area contributed by atoms with Gasteiger partial charge in [0, 0.05) is 3.57 Å². The van der Waals surface area contributed by atoms with Crippen molar-refractivity contribution in [3.63, 3.8) is 0 Å². The van der Waals surface area contributed by atoms with Crippen molar-refractivity contribution in [3.8, 4) is 0 Å². The first-order chi connectivity index (χ1) is 5.15. The quantitative estimate of drug-likeness (QED) is 0.547. The molecule has 0 N–H and O–H groups in total. The molecular formula is C9H12IP. The first kappa shape index (κ1) is 9.47. The molecule has 1 aromatic carbocycles. The molecule has 0 aliphatic rings. The summed E-state index contributed by atoms with van der Waals surface area (Å²) in [6.07, 6.45) is 0. The van der Waals surface area contributed by atoms with Crippen molar-refractivity contribution < 1.29 is 0 Å². The fourth-order valence-corrected chi connectivity index (χ4v) is 3.04. The van der Waals surface area contributed by atoms with Crippen LogP contribution in [-0.4, -0.2) is 6.66 Å². The van der Waals surface area contributed by atoms with Crippen LogP contribution >= 0.6 is 31.2 Å². The molecule has 1 unspecified atom stereocenters. The lowest BCUT2D eigenvalue weighted by Gasteiger charge is -2.06. The third-order valence-corrected chi connectivity index (χ3v) is 4.54. The van der Waals surface area contributed by atoms with Gasteiger partial charge in [0.05, 0.1) is 0 Å². The number of benzene rings is 1. The van der Waals surface area contributed by atoms with Gasteiger partial charge in [-0.3, -0.25) is 0 Å². The Bertz CT molecular complexity index is 269. The molecule has 60 valence electrons. The molecule has 0 nitrogen and oxygen atoms in total. The molecule has 0 aliphatic carbocycles. The molecule has 0 heterocycles. The highest BCUT2D eigenvalue weighted by Crippen LogP contribution is 2.17. The fourth-order valence-electron chi connectivity index (χ4n) is 1.13. The SMILES string of the molecule is CPc1cc(C)cc(C)c1I. The van der Waals surface area contributed by atoms with Gasteiger partial charge in [-0.15, -0.1) is 0 Å². The maximum atomic E-state index is 2.43. The maximum absolute atomic E-state index is 2.43. The number of hydrogen-bond acceptors (Lipinski definition) is 0. The average Bonchev–Trinajstić information content (AvgIpc) is 1.96. The van der Waals surface area contributed by atoms with Crippen LogP contribution in [-0.2, 0) is 0 Å². The topological polar surface area (TPSA) is 0 Å². The number of rotatable bonds is 1. The van der Waals surface area contributed by atoms with E-state index in [0.717, 1.165) is 8.58 Å². The van der Waals surface area contributed by atoms with Crippen molar-refractivity contribution in [3.05, 3.63) is 26.8 Å². The van der Waals surface area contributed by atoms with Crippen LogP contribution in [0.15, 0.2) is 12.1 Å². The fraction of sp³-hybridized carbons (Fsp3) is 0.333. The molecule has 0 bridgehead atoms. The predicted molar refractivity (Wildman–Crippen MR) is 62.5 cm³/mol. The van der Waals surface area contributed by atoms with Crippen LogP contribution in [0.5, 0.6) is 0 Å². The zero-order chi connectivity index (χ0) is 8.43. The van der Waals surface area contributed by atoms with Gasteiger partial charge in [-0.1, -0.05) is 26.3 Å². The molecule has 2 heteroatoms. The van der Waals surface area contributed by atoms with E-state index in [-0.39, 0.29) is 0 Å². The van der Waals surface area contributed by atoms with E-state index in [1.807, 2.05) is 0 Å². The van der Waals surface area contributed by atoms with Crippen LogP contribution in [0.3, 0.4) is 0 Å². The summed E-state index contributed by atoms with van der Waals surface area (Å²) in [7, 11) is 0.914. The first-order valence-corrected chi connectivity index (χ1v) is 6.17. The van der Waals surface area contributed by atoms with Crippen LogP contribution in [0.2, 0.25) is 0 Å². The minimum atomic E-state index is 0.914. The van der Waals surface area contributed by atoms with Gasteiger partial charge < -0.3 is 0 Å². The van der Waals surface area contributed by atoms with E-state index in [9.17, 15) is 0 Å². The Morgan fingerprint density at radius 2 is 1.91 bits per heavy atom. The van der Waals surface area contributed by atoms with Gasteiger partial charge in [0.2, 0.25) is 0 Å². The van der Waals surface area contributed by atoms with Crippen LogP contribution in [0.4, 0.5) is 0 Å². The Morgan fingerprint density at radius 3 is 2.45 bits per heavy atom. The minimum Gasteiger partial charge on any atom is -0.0924 e. The summed E-state index contributed by atoms with van der Waals surface area (Å²) in [5.41, 5.74) is 2.79. The summed E-state index contributed by atoms with van der Waals surface area (Å²) in [6, 6.07) is 4.53. The zero-order valence-corrected chi connectivity index (χ0v) is 10.2. The van der Waals surface area contributed by atoms with E-state index in [1.54, 1.807) is 0 Å². The van der Waals surface area contributed by atoms with E-state index < -0.39 is 0 Å². The van der Waals surface area contributed by atoms with Crippen molar-refractivity contribution in [2.75, 3.05) is 6.66 Å². The molecule has 0 saturated carbocycles. The van der Waals surface area contributed by atoms with E-state index >= 15 is 0 Å². The Balaban J connectivity index is 3.24. The standard InChI is InChI=1S/C9H12IP/c1-6-4-7(2)9(10)8(5-6)11-3/h4-5,11H,1-3H3. The number of hydrogen-bond donors (Lipinski definition) is 0. The Morgan fingerprint density at radius 1 is 1.27 bits per heavy atom. The Kier molecular flexibility index (Phi) is 3.32. The second-order valence-corrected chi connectivity index (χ2v) is 4.81. The van der Waals surface area contributed by atoms with Crippen LogP contribution in [0.1, 0.15) is 11.1 Å². The molecule has 0 aliphatic heterocycles. The summed E-state index contributed by atoms with van der Waals surface area (Å²) in [4.78, 5) is 0. The summed E-state index contributed by atoms with van der Waals surface area (Å²) < 4.78 is 1.44. The molecule has 0 radical (unpaired) electrons. The first-order valence-electron chi connectivity index (χ1n) is 3.59. The van der Waals surface area contributed by atoms with Crippen molar-refractivity contribution >= 4 is 36.5 Å². The van der Waals surface area contributed by atoms with Crippen molar-refractivity contribution in [2.24, 2.45) is 0 Å². The van der Waals surface area contributed by atoms with Crippen LogP contribution < -0.4 is 5.30 Å². The largest absolute Gasteiger partial charge is 0.0924 e. The molecule has 11 heavy (non-hydrogen) atoms. The molecular weight excluding hydrogens is 266 g/mol. The normalized spacial score (nSPS) is 11.3. The predicted octanol–water partition coefficient (Wildman–Crippen LogP) is 2.84. The third kappa shape index (κ3) is 2.16. The molecule has 0 saturated heterocycles. The lowest BCUT2D eigenvalue weighted by molar-refractivity contribution is 1.38. The summed E-state index contributed by atoms with van der Waals surface area (Å²) in [5, 5.41) is 1.50. The van der Waals surface area contributed by atoms with Crippen LogP contribution in [0.25, 0.3) is 0 Å². The highest BCUT2D eigenvalue weighted by molar-refractivity contribution is 14.1. The molecule has 1 aromatic rings. The van der Waals surface area contributed by atoms with E-state index in [0.29, 0.717) is 0 Å². The molecule has 0 spiro atoms. The second kappa shape index (κ2) is 3.86. The Labute approximate surface area is 83.7 Å². The van der Waals surface area contributed by atoms with E-state index in [2.05, 4.69) is 55.2 Å². The molecule has 0 aromatic heterocycles. The van der Waals surface area contributed by atoms with Gasteiger partial charge in [-0.2, -0.15) is 0 Å². The molecule has 0 amide bonds. The van der Waals surface area contributed by atoms with Gasteiger partial charge in [0.1, 0.15) is 0 Å². The summed E-state index contributed by atoms with van der Waals surface area (Å²) in [5.74, 6) is 0. The van der Waals surface area contributed by atoms with Gasteiger partial charge in [0.15, 0.2) is 0 Å². The highest BCUT2D eigenvalue weighted by atomic mass is 127. The molecule has 1 atom stereocenters. The van der Waals surface area contributed by atoms with Gasteiger partial charge in [-0.05, 0) is 54.0 Å². The lowest BCUT2D eigenvalue weighted by atomic mass is 10.2. The molecule has 0 fully saturated rings. The number of aryl methyl sites for hydroxylation is 2. The smallest absolute Gasteiger partial charge is 0.0233 e. The van der Waals surface area contributed by atoms with Crippen molar-refractivity contribution in [1.29, 1.82) is 0 Å². The number of halogens is 1. The maximum Gasteiger partial charge on any atom is 0.0233 e. The third-order valence-electron chi connectivity index (χ3n) is 1.67. The van der Waals surface area contributed by atoms with E-state index in [4.69, 9.17) is 0 Å².